The molecule has 1 aliphatic rings. The summed E-state index contributed by atoms with van der Waals surface area (Å²) in [6, 6.07) is 21.9. The standard InChI is InChI=1S/C21H15Cl2N3O/c22-15-8-10-18(11-9-15)26-13-14-4-1-2-7-19(14)20(26)25-21(27)24-17-6-3-5-16(23)12-17/h1-12H,13H2,(H,24,27). The van der Waals surface area contributed by atoms with Crippen LogP contribution in [0.3, 0.4) is 0 Å². The third kappa shape index (κ3) is 3.82. The van der Waals surface area contributed by atoms with Crippen LogP contribution < -0.4 is 10.2 Å². The van der Waals surface area contributed by atoms with Crippen molar-refractivity contribution in [2.24, 2.45) is 4.99 Å². The number of hydrogen-bond acceptors (Lipinski definition) is 1. The van der Waals surface area contributed by atoms with Crippen LogP contribution in [0.5, 0.6) is 0 Å². The molecule has 1 N–H and O–H groups in total. The number of urea groups is 1. The van der Waals surface area contributed by atoms with Crippen LogP contribution in [-0.4, -0.2) is 11.9 Å². The highest BCUT2D eigenvalue weighted by atomic mass is 35.5. The Labute approximate surface area is 167 Å². The van der Waals surface area contributed by atoms with E-state index < -0.39 is 6.03 Å². The molecule has 0 aromatic heterocycles. The number of halogens is 2. The molecular weight excluding hydrogens is 381 g/mol. The number of fused-ring (bicyclic) bond motifs is 1. The quantitative estimate of drug-likeness (QED) is 0.578. The van der Waals surface area contributed by atoms with Crippen molar-refractivity contribution < 1.29 is 4.79 Å². The highest BCUT2D eigenvalue weighted by Crippen LogP contribution is 2.30. The number of benzene rings is 3. The highest BCUT2D eigenvalue weighted by Gasteiger charge is 2.27. The fourth-order valence-electron chi connectivity index (χ4n) is 3.04. The average molecular weight is 396 g/mol. The van der Waals surface area contributed by atoms with Crippen LogP contribution in [-0.2, 0) is 6.54 Å². The van der Waals surface area contributed by atoms with Crippen LogP contribution in [0.25, 0.3) is 0 Å². The molecule has 2 amide bonds. The molecule has 0 spiro atoms. The zero-order chi connectivity index (χ0) is 18.8. The van der Waals surface area contributed by atoms with E-state index in [4.69, 9.17) is 23.2 Å². The number of amidine groups is 1. The summed E-state index contributed by atoms with van der Waals surface area (Å²) in [4.78, 5) is 18.9. The van der Waals surface area contributed by atoms with E-state index in [9.17, 15) is 4.79 Å². The van der Waals surface area contributed by atoms with Gasteiger partial charge in [-0.2, -0.15) is 4.99 Å². The Hall–Kier alpha value is -2.82. The summed E-state index contributed by atoms with van der Waals surface area (Å²) < 4.78 is 0. The summed E-state index contributed by atoms with van der Waals surface area (Å²) in [6.45, 7) is 0.640. The molecule has 0 aliphatic carbocycles. The molecule has 134 valence electrons. The first-order chi connectivity index (χ1) is 13.1. The maximum atomic E-state index is 12.5. The molecule has 0 atom stereocenters. The molecule has 3 aromatic rings. The highest BCUT2D eigenvalue weighted by molar-refractivity contribution is 6.31. The summed E-state index contributed by atoms with van der Waals surface area (Å²) in [6.07, 6.45) is 0. The van der Waals surface area contributed by atoms with Crippen molar-refractivity contribution in [2.75, 3.05) is 10.2 Å². The fourth-order valence-corrected chi connectivity index (χ4v) is 3.35. The lowest BCUT2D eigenvalue weighted by Crippen LogP contribution is -2.26. The van der Waals surface area contributed by atoms with E-state index in [1.807, 2.05) is 53.4 Å². The van der Waals surface area contributed by atoms with Gasteiger partial charge in [-0.05, 0) is 48.0 Å². The van der Waals surface area contributed by atoms with Gasteiger partial charge in [0.25, 0.3) is 0 Å². The Morgan fingerprint density at radius 1 is 0.926 bits per heavy atom. The van der Waals surface area contributed by atoms with Crippen LogP contribution >= 0.6 is 23.2 Å². The second-order valence-electron chi connectivity index (χ2n) is 6.10. The first-order valence-corrected chi connectivity index (χ1v) is 9.12. The molecule has 0 saturated carbocycles. The molecule has 1 heterocycles. The van der Waals surface area contributed by atoms with Crippen molar-refractivity contribution >= 4 is 46.4 Å². The van der Waals surface area contributed by atoms with E-state index in [0.29, 0.717) is 28.1 Å². The second-order valence-corrected chi connectivity index (χ2v) is 6.97. The number of anilines is 2. The smallest absolute Gasteiger partial charge is 0.321 e. The van der Waals surface area contributed by atoms with Crippen molar-refractivity contribution in [1.82, 2.24) is 0 Å². The second kappa shape index (κ2) is 7.43. The van der Waals surface area contributed by atoms with Gasteiger partial charge in [0.1, 0.15) is 5.84 Å². The molecule has 3 aromatic carbocycles. The van der Waals surface area contributed by atoms with Crippen LogP contribution in [0, 0.1) is 0 Å². The van der Waals surface area contributed by atoms with Gasteiger partial charge in [-0.15, -0.1) is 0 Å². The number of nitrogens with one attached hydrogen (secondary N) is 1. The van der Waals surface area contributed by atoms with Gasteiger partial charge in [0, 0.05) is 27.0 Å². The van der Waals surface area contributed by atoms with Crippen LogP contribution in [0.4, 0.5) is 16.2 Å². The SMILES string of the molecule is O=C(N=C1c2ccccc2CN1c1ccc(Cl)cc1)Nc1cccc(Cl)c1. The first-order valence-electron chi connectivity index (χ1n) is 8.37. The van der Waals surface area contributed by atoms with Gasteiger partial charge in [-0.3, -0.25) is 0 Å². The average Bonchev–Trinajstić information content (AvgIpc) is 3.01. The Morgan fingerprint density at radius 3 is 2.48 bits per heavy atom. The lowest BCUT2D eigenvalue weighted by Gasteiger charge is -2.19. The normalized spacial score (nSPS) is 14.3. The van der Waals surface area contributed by atoms with E-state index >= 15 is 0 Å². The molecule has 0 fully saturated rings. The molecule has 1 aliphatic heterocycles. The van der Waals surface area contributed by atoms with Crippen molar-refractivity contribution in [3.63, 3.8) is 0 Å². The number of nitrogens with zero attached hydrogens (tertiary/aromatic N) is 2. The number of rotatable bonds is 2. The summed E-state index contributed by atoms with van der Waals surface area (Å²) in [5.74, 6) is 0.604. The van der Waals surface area contributed by atoms with Gasteiger partial charge >= 0.3 is 6.03 Å². The van der Waals surface area contributed by atoms with Crippen LogP contribution in [0.2, 0.25) is 10.0 Å². The third-order valence-corrected chi connectivity index (χ3v) is 4.75. The largest absolute Gasteiger partial charge is 0.347 e. The lowest BCUT2D eigenvalue weighted by molar-refractivity contribution is 0.259. The van der Waals surface area contributed by atoms with Crippen LogP contribution in [0.1, 0.15) is 11.1 Å². The van der Waals surface area contributed by atoms with Gasteiger partial charge in [0.15, 0.2) is 0 Å². The maximum Gasteiger partial charge on any atom is 0.347 e. The predicted molar refractivity (Wildman–Crippen MR) is 111 cm³/mol. The van der Waals surface area contributed by atoms with Crippen molar-refractivity contribution in [1.29, 1.82) is 0 Å². The Balaban J connectivity index is 1.68. The van der Waals surface area contributed by atoms with Crippen molar-refractivity contribution in [2.45, 2.75) is 6.54 Å². The van der Waals surface area contributed by atoms with E-state index in [2.05, 4.69) is 10.3 Å². The fraction of sp³-hybridized carbons (Fsp3) is 0.0476. The number of carbonyl (C=O) groups is 1. The molecule has 6 heteroatoms. The summed E-state index contributed by atoms with van der Waals surface area (Å²) in [5.41, 5.74) is 3.57. The molecule has 0 bridgehead atoms. The summed E-state index contributed by atoms with van der Waals surface area (Å²) in [7, 11) is 0. The van der Waals surface area contributed by atoms with Gasteiger partial charge in [-0.25, -0.2) is 4.79 Å². The predicted octanol–water partition coefficient (Wildman–Crippen LogP) is 5.99. The minimum Gasteiger partial charge on any atom is -0.321 e. The number of aliphatic imine (C=N–C) groups is 1. The molecule has 0 unspecified atom stereocenters. The molecular formula is C21H15Cl2N3O. The Bertz CT molecular complexity index is 1030. The van der Waals surface area contributed by atoms with E-state index in [1.54, 1.807) is 24.3 Å². The maximum absolute atomic E-state index is 12.5. The number of amides is 2. The first kappa shape index (κ1) is 17.6. The monoisotopic (exact) mass is 395 g/mol. The molecule has 27 heavy (non-hydrogen) atoms. The molecule has 4 rings (SSSR count). The molecule has 0 saturated heterocycles. The number of carbonyl (C=O) groups excluding carboxylic acids is 1. The molecule has 4 nitrogen and oxygen atoms in total. The zero-order valence-corrected chi connectivity index (χ0v) is 15.7. The van der Waals surface area contributed by atoms with Gasteiger partial charge in [-0.1, -0.05) is 53.5 Å². The topological polar surface area (TPSA) is 44.7 Å². The Morgan fingerprint density at radius 2 is 1.70 bits per heavy atom. The number of hydrogen-bond donors (Lipinski definition) is 1. The van der Waals surface area contributed by atoms with Crippen LogP contribution in [0.15, 0.2) is 77.8 Å². The van der Waals surface area contributed by atoms with E-state index in [-0.39, 0.29) is 0 Å². The van der Waals surface area contributed by atoms with E-state index in [1.165, 1.54) is 0 Å². The lowest BCUT2D eigenvalue weighted by atomic mass is 10.1. The summed E-state index contributed by atoms with van der Waals surface area (Å²) in [5, 5.41) is 3.97. The van der Waals surface area contributed by atoms with E-state index in [0.717, 1.165) is 16.8 Å². The Kier molecular flexibility index (Phi) is 4.84. The van der Waals surface area contributed by atoms with Crippen molar-refractivity contribution in [3.05, 3.63) is 94.0 Å². The van der Waals surface area contributed by atoms with Crippen molar-refractivity contribution in [3.8, 4) is 0 Å². The van der Waals surface area contributed by atoms with Gasteiger partial charge < -0.3 is 10.2 Å². The minimum atomic E-state index is -0.456. The minimum absolute atomic E-state index is 0.456. The summed E-state index contributed by atoms with van der Waals surface area (Å²) >= 11 is 12.0. The van der Waals surface area contributed by atoms with Gasteiger partial charge in [0.2, 0.25) is 0 Å². The zero-order valence-electron chi connectivity index (χ0n) is 14.2. The molecule has 0 radical (unpaired) electrons. The van der Waals surface area contributed by atoms with Gasteiger partial charge in [0.05, 0.1) is 6.54 Å². The third-order valence-electron chi connectivity index (χ3n) is 4.26.